The lowest BCUT2D eigenvalue weighted by molar-refractivity contribution is -0.130. The molecule has 1 heterocycles. The normalized spacial score (nSPS) is 21.8. The molecule has 7 heteroatoms. The third-order valence-electron chi connectivity index (χ3n) is 4.24. The van der Waals surface area contributed by atoms with Crippen molar-refractivity contribution in [1.82, 2.24) is 9.80 Å². The molecule has 0 saturated carbocycles. The van der Waals surface area contributed by atoms with E-state index in [-0.39, 0.29) is 24.0 Å². The summed E-state index contributed by atoms with van der Waals surface area (Å²) in [6, 6.07) is 8.46. The van der Waals surface area contributed by atoms with E-state index in [4.69, 9.17) is 0 Å². The molecule has 3 atom stereocenters. The van der Waals surface area contributed by atoms with Crippen LogP contribution in [0.15, 0.2) is 35.3 Å². The Morgan fingerprint density at radius 2 is 1.79 bits per heavy atom. The smallest absolute Gasteiger partial charge is 0.322 e. The van der Waals surface area contributed by atoms with Gasteiger partial charge in [0.15, 0.2) is 0 Å². The van der Waals surface area contributed by atoms with Crippen LogP contribution in [-0.4, -0.2) is 57.8 Å². The van der Waals surface area contributed by atoms with Gasteiger partial charge in [0.1, 0.15) is 10.4 Å². The van der Waals surface area contributed by atoms with Crippen LogP contribution in [0.3, 0.4) is 0 Å². The maximum absolute atomic E-state index is 13.0. The van der Waals surface area contributed by atoms with E-state index in [9.17, 15) is 9.59 Å². The number of benzene rings is 1. The molecule has 1 fully saturated rings. The first-order valence-corrected chi connectivity index (χ1v) is 10.2. The molecule has 0 spiro atoms. The fraction of sp³-hybridized carbons (Fsp3) is 0.471. The van der Waals surface area contributed by atoms with E-state index in [0.717, 1.165) is 9.94 Å². The van der Waals surface area contributed by atoms with Crippen LogP contribution in [0.2, 0.25) is 0 Å². The third-order valence-corrected chi connectivity index (χ3v) is 6.15. The second-order valence-corrected chi connectivity index (χ2v) is 7.53. The highest BCUT2D eigenvalue weighted by atomic mass is 32.2. The summed E-state index contributed by atoms with van der Waals surface area (Å²) >= 11 is 3.01. The zero-order valence-corrected chi connectivity index (χ0v) is 16.2. The predicted molar refractivity (Wildman–Crippen MR) is 103 cm³/mol. The molecule has 3 amide bonds. The first kappa shape index (κ1) is 18.9. The van der Waals surface area contributed by atoms with Crippen molar-refractivity contribution >= 4 is 39.8 Å². The van der Waals surface area contributed by atoms with Gasteiger partial charge in [-0.1, -0.05) is 30.3 Å². The molecule has 0 aliphatic carbocycles. The highest BCUT2D eigenvalue weighted by molar-refractivity contribution is 8.38. The van der Waals surface area contributed by atoms with Gasteiger partial charge in [-0.05, 0) is 31.9 Å². The minimum absolute atomic E-state index is 0.0828. The molecule has 0 radical (unpaired) electrons. The van der Waals surface area contributed by atoms with Crippen LogP contribution in [0, 0.1) is 0 Å². The van der Waals surface area contributed by atoms with E-state index in [1.165, 1.54) is 28.4 Å². The Balaban J connectivity index is 2.36. The van der Waals surface area contributed by atoms with Gasteiger partial charge in [-0.25, -0.2) is 4.79 Å². The molecule has 1 aromatic rings. The minimum Gasteiger partial charge on any atom is -0.322 e. The van der Waals surface area contributed by atoms with Gasteiger partial charge in [-0.3, -0.25) is 14.7 Å². The number of carbonyl (C=O) groups excluding carboxylic acids is 2. The number of aliphatic imine (C=N–C) groups is 1. The lowest BCUT2D eigenvalue weighted by Gasteiger charge is -2.25. The van der Waals surface area contributed by atoms with E-state index < -0.39 is 6.04 Å². The number of imide groups is 1. The zero-order chi connectivity index (χ0) is 17.9. The van der Waals surface area contributed by atoms with Gasteiger partial charge < -0.3 is 4.90 Å². The molecule has 1 aliphatic rings. The quantitative estimate of drug-likeness (QED) is 0.608. The second-order valence-electron chi connectivity index (χ2n) is 5.68. The number of rotatable bonds is 3. The molecular formula is C17H23N3O2S2. The van der Waals surface area contributed by atoms with E-state index >= 15 is 0 Å². The van der Waals surface area contributed by atoms with Crippen LogP contribution < -0.4 is 0 Å². The highest BCUT2D eigenvalue weighted by Gasteiger charge is 2.46. The standard InChI is InChI=1S/C17H23N3O2S2/c1-11(18-16(23-4)24-5)15(21)20-14(12(2)19(3)17(20)22)13-9-7-6-8-10-13/h6-12,14H,1-5H3/t11-,12-,14-/m0/s1. The molecule has 2 rings (SSSR count). The van der Waals surface area contributed by atoms with Crippen molar-refractivity contribution in [2.24, 2.45) is 4.99 Å². The molecule has 1 aromatic carbocycles. The number of likely N-dealkylation sites (N-methyl/N-ethyl adjacent to an activating group) is 1. The van der Waals surface area contributed by atoms with Gasteiger partial charge in [-0.2, -0.15) is 0 Å². The van der Waals surface area contributed by atoms with Crippen LogP contribution in [0.5, 0.6) is 0 Å². The third kappa shape index (κ3) is 3.62. The fourth-order valence-corrected chi connectivity index (χ4v) is 4.00. The van der Waals surface area contributed by atoms with E-state index in [2.05, 4.69) is 4.99 Å². The first-order chi connectivity index (χ1) is 11.4. The number of hydrogen-bond donors (Lipinski definition) is 0. The Morgan fingerprint density at radius 1 is 1.21 bits per heavy atom. The molecule has 0 N–H and O–H groups in total. The average molecular weight is 366 g/mol. The monoisotopic (exact) mass is 365 g/mol. The molecule has 0 unspecified atom stereocenters. The summed E-state index contributed by atoms with van der Waals surface area (Å²) in [7, 11) is 1.74. The molecule has 24 heavy (non-hydrogen) atoms. The largest absolute Gasteiger partial charge is 0.327 e. The van der Waals surface area contributed by atoms with Crippen molar-refractivity contribution in [2.45, 2.75) is 32.0 Å². The number of hydrogen-bond acceptors (Lipinski definition) is 5. The number of amides is 3. The van der Waals surface area contributed by atoms with Crippen molar-refractivity contribution in [1.29, 1.82) is 0 Å². The van der Waals surface area contributed by atoms with Crippen LogP contribution in [0.4, 0.5) is 4.79 Å². The fourth-order valence-electron chi connectivity index (χ4n) is 2.80. The van der Waals surface area contributed by atoms with Gasteiger partial charge in [0.05, 0.1) is 12.1 Å². The van der Waals surface area contributed by atoms with Crippen LogP contribution in [0.1, 0.15) is 25.5 Å². The summed E-state index contributed by atoms with van der Waals surface area (Å²) in [5.74, 6) is -0.259. The van der Waals surface area contributed by atoms with Gasteiger partial charge >= 0.3 is 6.03 Å². The Morgan fingerprint density at radius 3 is 2.33 bits per heavy atom. The molecule has 0 bridgehead atoms. The summed E-state index contributed by atoms with van der Waals surface area (Å²) in [6.45, 7) is 3.71. The second kappa shape index (κ2) is 8.07. The number of carbonyl (C=O) groups is 2. The molecular weight excluding hydrogens is 342 g/mol. The minimum atomic E-state index is -0.589. The summed E-state index contributed by atoms with van der Waals surface area (Å²) in [4.78, 5) is 33.0. The van der Waals surface area contributed by atoms with Crippen molar-refractivity contribution in [3.8, 4) is 0 Å². The van der Waals surface area contributed by atoms with Crippen LogP contribution in [-0.2, 0) is 4.79 Å². The first-order valence-electron chi connectivity index (χ1n) is 7.73. The van der Waals surface area contributed by atoms with Gasteiger partial charge in [0, 0.05) is 7.05 Å². The summed E-state index contributed by atoms with van der Waals surface area (Å²) in [5.41, 5.74) is 0.960. The lowest BCUT2D eigenvalue weighted by atomic mass is 10.00. The Kier molecular flexibility index (Phi) is 6.34. The average Bonchev–Trinajstić information content (AvgIpc) is 2.83. The Bertz CT molecular complexity index is 630. The molecule has 0 aromatic heterocycles. The van der Waals surface area contributed by atoms with Gasteiger partial charge in [-0.15, -0.1) is 23.5 Å². The van der Waals surface area contributed by atoms with Crippen LogP contribution in [0.25, 0.3) is 0 Å². The summed E-state index contributed by atoms with van der Waals surface area (Å²) in [5, 5.41) is 0. The molecule has 130 valence electrons. The SMILES string of the molecule is CSC(=N[C@@H](C)C(=O)N1C(=O)N(C)[C@@H](C)[C@H]1c1ccccc1)SC. The number of urea groups is 1. The number of thioether (sulfide) groups is 2. The zero-order valence-electron chi connectivity index (χ0n) is 14.6. The van der Waals surface area contributed by atoms with Gasteiger partial charge in [0.2, 0.25) is 0 Å². The van der Waals surface area contributed by atoms with E-state index in [1.54, 1.807) is 18.9 Å². The highest BCUT2D eigenvalue weighted by Crippen LogP contribution is 2.35. The molecule has 5 nitrogen and oxygen atoms in total. The lowest BCUT2D eigenvalue weighted by Crippen LogP contribution is -2.41. The topological polar surface area (TPSA) is 53.0 Å². The van der Waals surface area contributed by atoms with E-state index in [0.29, 0.717) is 0 Å². The van der Waals surface area contributed by atoms with Crippen molar-refractivity contribution in [2.75, 3.05) is 19.6 Å². The van der Waals surface area contributed by atoms with E-state index in [1.807, 2.05) is 49.8 Å². The van der Waals surface area contributed by atoms with Gasteiger partial charge in [0.25, 0.3) is 5.91 Å². The van der Waals surface area contributed by atoms with Crippen molar-refractivity contribution < 1.29 is 9.59 Å². The summed E-state index contributed by atoms with van der Waals surface area (Å²) < 4.78 is 0.833. The summed E-state index contributed by atoms with van der Waals surface area (Å²) in [6.07, 6.45) is 3.85. The van der Waals surface area contributed by atoms with Crippen molar-refractivity contribution in [3.63, 3.8) is 0 Å². The number of nitrogens with zero attached hydrogens (tertiary/aromatic N) is 3. The van der Waals surface area contributed by atoms with Crippen LogP contribution >= 0.6 is 23.5 Å². The predicted octanol–water partition coefficient (Wildman–Crippen LogP) is 3.48. The maximum atomic E-state index is 13.0. The Labute approximate surface area is 151 Å². The molecule has 1 saturated heterocycles. The Hall–Kier alpha value is -1.47. The maximum Gasteiger partial charge on any atom is 0.327 e. The molecule has 1 aliphatic heterocycles. The van der Waals surface area contributed by atoms with Crippen molar-refractivity contribution in [3.05, 3.63) is 35.9 Å².